The Kier molecular flexibility index (Phi) is 4.66. The van der Waals surface area contributed by atoms with E-state index < -0.39 is 5.97 Å². The van der Waals surface area contributed by atoms with Gasteiger partial charge in [0.1, 0.15) is 13.2 Å². The van der Waals surface area contributed by atoms with Crippen molar-refractivity contribution >= 4 is 28.3 Å². The van der Waals surface area contributed by atoms with Gasteiger partial charge in [0.25, 0.3) is 0 Å². The Labute approximate surface area is 142 Å². The lowest BCUT2D eigenvalue weighted by molar-refractivity contribution is -0.138. The number of nitrogens with zero attached hydrogens (tertiary/aromatic N) is 1. The minimum atomic E-state index is -1.00. The van der Waals surface area contributed by atoms with Gasteiger partial charge in [-0.05, 0) is 25.1 Å². The molecule has 2 aromatic rings. The SMILES string of the molecule is Cc1sc(NC(=O)CCC(=O)O)nc1-c1ccc2c(c1)OCCO2. The van der Waals surface area contributed by atoms with Gasteiger partial charge < -0.3 is 19.9 Å². The first kappa shape index (κ1) is 16.3. The van der Waals surface area contributed by atoms with Crippen molar-refractivity contribution in [2.75, 3.05) is 18.5 Å². The van der Waals surface area contributed by atoms with Crippen molar-refractivity contribution in [1.82, 2.24) is 4.98 Å². The largest absolute Gasteiger partial charge is 0.486 e. The molecule has 24 heavy (non-hydrogen) atoms. The summed E-state index contributed by atoms with van der Waals surface area (Å²) in [6.07, 6.45) is -0.279. The highest BCUT2D eigenvalue weighted by Gasteiger charge is 2.16. The van der Waals surface area contributed by atoms with E-state index in [-0.39, 0.29) is 18.7 Å². The fraction of sp³-hybridized carbons (Fsp3) is 0.312. The summed E-state index contributed by atoms with van der Waals surface area (Å²) in [4.78, 5) is 27.6. The predicted octanol–water partition coefficient (Wildman–Crippen LogP) is 2.69. The second kappa shape index (κ2) is 6.88. The van der Waals surface area contributed by atoms with Crippen molar-refractivity contribution in [1.29, 1.82) is 0 Å². The van der Waals surface area contributed by atoms with Crippen molar-refractivity contribution in [3.63, 3.8) is 0 Å². The van der Waals surface area contributed by atoms with E-state index in [9.17, 15) is 9.59 Å². The van der Waals surface area contributed by atoms with Gasteiger partial charge in [0.2, 0.25) is 5.91 Å². The molecule has 1 amide bonds. The molecule has 8 heteroatoms. The monoisotopic (exact) mass is 348 g/mol. The molecular weight excluding hydrogens is 332 g/mol. The molecule has 1 aliphatic heterocycles. The van der Waals surface area contributed by atoms with E-state index in [0.29, 0.717) is 29.8 Å². The number of thiazole rings is 1. The van der Waals surface area contributed by atoms with Crippen LogP contribution in [-0.2, 0) is 9.59 Å². The maximum Gasteiger partial charge on any atom is 0.303 e. The summed E-state index contributed by atoms with van der Waals surface area (Å²) in [5.41, 5.74) is 1.63. The molecular formula is C16H16N2O5S. The number of hydrogen-bond acceptors (Lipinski definition) is 6. The molecule has 0 unspecified atom stereocenters. The summed E-state index contributed by atoms with van der Waals surface area (Å²) < 4.78 is 11.1. The van der Waals surface area contributed by atoms with Crippen molar-refractivity contribution in [2.45, 2.75) is 19.8 Å². The lowest BCUT2D eigenvalue weighted by atomic mass is 10.1. The lowest BCUT2D eigenvalue weighted by Crippen LogP contribution is -2.15. The van der Waals surface area contributed by atoms with Crippen LogP contribution >= 0.6 is 11.3 Å². The first-order valence-electron chi connectivity index (χ1n) is 7.42. The summed E-state index contributed by atoms with van der Waals surface area (Å²) in [5, 5.41) is 11.7. The second-order valence-electron chi connectivity index (χ2n) is 5.22. The van der Waals surface area contributed by atoms with Gasteiger partial charge in [-0.15, -0.1) is 11.3 Å². The lowest BCUT2D eigenvalue weighted by Gasteiger charge is -2.18. The van der Waals surface area contributed by atoms with Crippen LogP contribution in [0, 0.1) is 6.92 Å². The molecule has 2 N–H and O–H groups in total. The number of carbonyl (C=O) groups is 2. The van der Waals surface area contributed by atoms with E-state index >= 15 is 0 Å². The number of benzene rings is 1. The van der Waals surface area contributed by atoms with Gasteiger partial charge in [-0.3, -0.25) is 9.59 Å². The fourth-order valence-corrected chi connectivity index (χ4v) is 3.16. The summed E-state index contributed by atoms with van der Waals surface area (Å²) in [6, 6.07) is 5.60. The van der Waals surface area contributed by atoms with Gasteiger partial charge in [-0.1, -0.05) is 0 Å². The van der Waals surface area contributed by atoms with Crippen LogP contribution < -0.4 is 14.8 Å². The zero-order chi connectivity index (χ0) is 17.1. The summed E-state index contributed by atoms with van der Waals surface area (Å²) in [6.45, 7) is 2.96. The van der Waals surface area contributed by atoms with Crippen LogP contribution in [0.15, 0.2) is 18.2 Å². The molecule has 0 aliphatic carbocycles. The van der Waals surface area contributed by atoms with Crippen LogP contribution in [0.5, 0.6) is 11.5 Å². The highest BCUT2D eigenvalue weighted by molar-refractivity contribution is 7.16. The normalized spacial score (nSPS) is 12.7. The number of fused-ring (bicyclic) bond motifs is 1. The van der Waals surface area contributed by atoms with E-state index in [4.69, 9.17) is 14.6 Å². The Balaban J connectivity index is 1.76. The molecule has 1 aromatic carbocycles. The minimum Gasteiger partial charge on any atom is -0.486 e. The molecule has 3 rings (SSSR count). The highest BCUT2D eigenvalue weighted by Crippen LogP contribution is 2.37. The molecule has 0 radical (unpaired) electrons. The van der Waals surface area contributed by atoms with E-state index in [1.165, 1.54) is 11.3 Å². The van der Waals surface area contributed by atoms with Crippen LogP contribution in [0.1, 0.15) is 17.7 Å². The van der Waals surface area contributed by atoms with Gasteiger partial charge >= 0.3 is 5.97 Å². The summed E-state index contributed by atoms with van der Waals surface area (Å²) >= 11 is 1.35. The number of aliphatic carboxylic acids is 1. The predicted molar refractivity (Wildman–Crippen MR) is 88.8 cm³/mol. The number of aryl methyl sites for hydroxylation is 1. The van der Waals surface area contributed by atoms with Gasteiger partial charge in [0, 0.05) is 16.9 Å². The molecule has 0 saturated heterocycles. The number of ether oxygens (including phenoxy) is 2. The van der Waals surface area contributed by atoms with Gasteiger partial charge in [-0.25, -0.2) is 4.98 Å². The zero-order valence-corrected chi connectivity index (χ0v) is 13.8. The number of amides is 1. The first-order chi connectivity index (χ1) is 11.5. The molecule has 126 valence electrons. The van der Waals surface area contributed by atoms with Crippen LogP contribution in [-0.4, -0.2) is 35.2 Å². The van der Waals surface area contributed by atoms with Gasteiger partial charge in [0.05, 0.1) is 12.1 Å². The second-order valence-corrected chi connectivity index (χ2v) is 6.43. The smallest absolute Gasteiger partial charge is 0.303 e. The third-order valence-corrected chi connectivity index (χ3v) is 4.31. The molecule has 0 atom stereocenters. The topological polar surface area (TPSA) is 97.8 Å². The Morgan fingerprint density at radius 2 is 2.00 bits per heavy atom. The van der Waals surface area contributed by atoms with Crippen molar-refractivity contribution in [3.05, 3.63) is 23.1 Å². The Morgan fingerprint density at radius 3 is 2.75 bits per heavy atom. The van der Waals surface area contributed by atoms with Gasteiger partial charge in [-0.2, -0.15) is 0 Å². The number of hydrogen-bond donors (Lipinski definition) is 2. The third-order valence-electron chi connectivity index (χ3n) is 3.42. The Morgan fingerprint density at radius 1 is 1.25 bits per heavy atom. The Bertz CT molecular complexity index is 787. The first-order valence-corrected chi connectivity index (χ1v) is 8.23. The van der Waals surface area contributed by atoms with Crippen LogP contribution in [0.3, 0.4) is 0 Å². The molecule has 7 nitrogen and oxygen atoms in total. The van der Waals surface area contributed by atoms with E-state index in [2.05, 4.69) is 10.3 Å². The number of carboxylic acid groups (broad SMARTS) is 1. The average molecular weight is 348 g/mol. The highest BCUT2D eigenvalue weighted by atomic mass is 32.1. The molecule has 0 fully saturated rings. The summed E-state index contributed by atoms with van der Waals surface area (Å²) in [5.74, 6) is 0.0237. The molecule has 1 aromatic heterocycles. The molecule has 2 heterocycles. The Hall–Kier alpha value is -2.61. The standard InChI is InChI=1S/C16H16N2O5S/c1-9-15(10-2-3-11-12(8-10)23-7-6-22-11)18-16(24-9)17-13(19)4-5-14(20)21/h2-3,8H,4-7H2,1H3,(H,20,21)(H,17,18,19). The number of carboxylic acids is 1. The molecule has 0 spiro atoms. The molecule has 0 saturated carbocycles. The fourth-order valence-electron chi connectivity index (χ4n) is 2.31. The molecule has 0 bridgehead atoms. The third kappa shape index (κ3) is 3.65. The zero-order valence-electron chi connectivity index (χ0n) is 13.0. The van der Waals surface area contributed by atoms with Crippen LogP contribution in [0.25, 0.3) is 11.3 Å². The maximum absolute atomic E-state index is 11.7. The number of rotatable bonds is 5. The van der Waals surface area contributed by atoms with Gasteiger partial charge in [0.15, 0.2) is 16.6 Å². The van der Waals surface area contributed by atoms with Crippen LogP contribution in [0.2, 0.25) is 0 Å². The van der Waals surface area contributed by atoms with Crippen molar-refractivity contribution in [2.24, 2.45) is 0 Å². The molecule has 1 aliphatic rings. The summed E-state index contributed by atoms with van der Waals surface area (Å²) in [7, 11) is 0. The van der Waals surface area contributed by atoms with E-state index in [0.717, 1.165) is 16.1 Å². The number of anilines is 1. The average Bonchev–Trinajstić information content (AvgIpc) is 2.92. The van der Waals surface area contributed by atoms with Crippen molar-refractivity contribution < 1.29 is 24.2 Å². The minimum absolute atomic E-state index is 0.0761. The van der Waals surface area contributed by atoms with E-state index in [1.807, 2.05) is 25.1 Å². The number of carbonyl (C=O) groups excluding carboxylic acids is 1. The van der Waals surface area contributed by atoms with Crippen LogP contribution in [0.4, 0.5) is 5.13 Å². The number of aromatic nitrogens is 1. The van der Waals surface area contributed by atoms with E-state index in [1.54, 1.807) is 0 Å². The van der Waals surface area contributed by atoms with Crippen molar-refractivity contribution in [3.8, 4) is 22.8 Å². The number of nitrogens with one attached hydrogen (secondary N) is 1. The maximum atomic E-state index is 11.7. The quantitative estimate of drug-likeness (QED) is 0.862.